The zero-order valence-corrected chi connectivity index (χ0v) is 33.2. The summed E-state index contributed by atoms with van der Waals surface area (Å²) in [4.78, 5) is 0. The lowest BCUT2D eigenvalue weighted by molar-refractivity contribution is 0.661. The van der Waals surface area contributed by atoms with Crippen molar-refractivity contribution in [2.75, 3.05) is 0 Å². The van der Waals surface area contributed by atoms with Gasteiger partial charge >= 0.3 is 0 Å². The predicted octanol–water partition coefficient (Wildman–Crippen LogP) is 16.1. The van der Waals surface area contributed by atoms with Gasteiger partial charge in [-0.05, 0) is 157 Å². The Morgan fingerprint density at radius 3 is 1.64 bits per heavy atom. The monoisotopic (exact) mass is 748 g/mol. The van der Waals surface area contributed by atoms with Gasteiger partial charge in [0.1, 0.15) is 0 Å². The first-order valence-corrected chi connectivity index (χ1v) is 21.1. The molecule has 0 heteroatoms. The predicted molar refractivity (Wildman–Crippen MR) is 252 cm³/mol. The van der Waals surface area contributed by atoms with Crippen LogP contribution in [0.25, 0.3) is 110 Å². The normalized spacial score (nSPS) is 14.6. The van der Waals surface area contributed by atoms with Crippen LogP contribution in [0.1, 0.15) is 48.1 Å². The summed E-state index contributed by atoms with van der Waals surface area (Å²) >= 11 is 0. The number of rotatable bonds is 4. The van der Waals surface area contributed by atoms with Gasteiger partial charge in [0.05, 0.1) is 0 Å². The van der Waals surface area contributed by atoms with Crippen molar-refractivity contribution < 1.29 is 0 Å². The molecule has 3 aliphatic carbocycles. The molecule has 276 valence electrons. The Hall–Kier alpha value is -7.02. The summed E-state index contributed by atoms with van der Waals surface area (Å²) in [6, 6.07) is 62.3. The van der Waals surface area contributed by atoms with Gasteiger partial charge < -0.3 is 0 Å². The molecule has 10 aromatic carbocycles. The first-order chi connectivity index (χ1) is 29.0. The molecule has 10 aromatic rings. The van der Waals surface area contributed by atoms with Crippen LogP contribution in [0.4, 0.5) is 0 Å². The van der Waals surface area contributed by atoms with Gasteiger partial charge in [-0.25, -0.2) is 0 Å². The van der Waals surface area contributed by atoms with Gasteiger partial charge in [-0.15, -0.1) is 0 Å². The van der Waals surface area contributed by atoms with Crippen molar-refractivity contribution in [3.63, 3.8) is 0 Å². The topological polar surface area (TPSA) is 0 Å². The third-order valence-corrected chi connectivity index (χ3v) is 14.1. The summed E-state index contributed by atoms with van der Waals surface area (Å²) in [6.45, 7) is 4.81. The largest absolute Gasteiger partial charge is 0.0795 e. The Labute approximate surface area is 344 Å². The fourth-order valence-electron chi connectivity index (χ4n) is 11.1. The first kappa shape index (κ1) is 33.0. The van der Waals surface area contributed by atoms with Crippen LogP contribution in [0.3, 0.4) is 0 Å². The second kappa shape index (κ2) is 12.0. The zero-order valence-electron chi connectivity index (χ0n) is 33.2. The minimum atomic E-state index is -0.125. The van der Waals surface area contributed by atoms with Gasteiger partial charge in [0.15, 0.2) is 0 Å². The SMILES string of the molecule is CC1(C)c2cc(-c3ccc(-c4ccc5ccc6c(-c7ccccc7)ccc7ccc4c5c76)cc3)ccc2-c2ccc(-c3ccc4c5c6c(ccc35)C=CCC6=CC4)cc21. The molecular formula is C59H40. The molecule has 0 radical (unpaired) electrons. The van der Waals surface area contributed by atoms with Crippen molar-refractivity contribution in [1.29, 1.82) is 0 Å². The van der Waals surface area contributed by atoms with Crippen molar-refractivity contribution in [2.24, 2.45) is 0 Å². The van der Waals surface area contributed by atoms with E-state index in [1.165, 1.54) is 132 Å². The maximum Gasteiger partial charge on any atom is 0.0159 e. The molecule has 0 atom stereocenters. The molecule has 59 heavy (non-hydrogen) atoms. The molecule has 0 aromatic heterocycles. The Balaban J connectivity index is 0.858. The molecule has 0 bridgehead atoms. The molecule has 0 spiro atoms. The van der Waals surface area contributed by atoms with Crippen molar-refractivity contribution in [1.82, 2.24) is 0 Å². The van der Waals surface area contributed by atoms with Crippen molar-refractivity contribution in [2.45, 2.75) is 32.1 Å². The first-order valence-electron chi connectivity index (χ1n) is 21.1. The Kier molecular flexibility index (Phi) is 6.72. The molecule has 0 saturated carbocycles. The Morgan fingerprint density at radius 2 is 0.932 bits per heavy atom. The molecule has 0 N–H and O–H groups in total. The van der Waals surface area contributed by atoms with E-state index >= 15 is 0 Å². The average Bonchev–Trinajstić information content (AvgIpc) is 3.52. The fourth-order valence-corrected chi connectivity index (χ4v) is 11.1. The third-order valence-electron chi connectivity index (χ3n) is 14.1. The van der Waals surface area contributed by atoms with Gasteiger partial charge in [0, 0.05) is 5.41 Å². The summed E-state index contributed by atoms with van der Waals surface area (Å²) in [6.07, 6.45) is 9.11. The molecule has 3 aliphatic rings. The molecular weight excluding hydrogens is 709 g/mol. The van der Waals surface area contributed by atoms with Crippen LogP contribution >= 0.6 is 0 Å². The molecule has 0 saturated heterocycles. The lowest BCUT2D eigenvalue weighted by atomic mass is 9.78. The van der Waals surface area contributed by atoms with E-state index < -0.39 is 0 Å². The average molecular weight is 749 g/mol. The van der Waals surface area contributed by atoms with Gasteiger partial charge in [-0.3, -0.25) is 0 Å². The molecule has 0 unspecified atom stereocenters. The summed E-state index contributed by atoms with van der Waals surface area (Å²) in [7, 11) is 0. The number of hydrogen-bond acceptors (Lipinski definition) is 0. The highest BCUT2D eigenvalue weighted by atomic mass is 14.4. The molecule has 0 heterocycles. The molecule has 13 rings (SSSR count). The van der Waals surface area contributed by atoms with E-state index in [0.29, 0.717) is 0 Å². The molecule has 0 aliphatic heterocycles. The van der Waals surface area contributed by atoms with Gasteiger partial charge in [-0.2, -0.15) is 0 Å². The van der Waals surface area contributed by atoms with Crippen molar-refractivity contribution in [3.8, 4) is 55.6 Å². The highest BCUT2D eigenvalue weighted by Crippen LogP contribution is 2.52. The summed E-state index contributed by atoms with van der Waals surface area (Å²) in [5.41, 5.74) is 21.3. The Bertz CT molecular complexity index is 3480. The van der Waals surface area contributed by atoms with Crippen LogP contribution in [-0.2, 0) is 11.8 Å². The van der Waals surface area contributed by atoms with E-state index in [1.807, 2.05) is 0 Å². The van der Waals surface area contributed by atoms with Crippen LogP contribution in [-0.4, -0.2) is 0 Å². The summed E-state index contributed by atoms with van der Waals surface area (Å²) < 4.78 is 0. The third kappa shape index (κ3) is 4.66. The van der Waals surface area contributed by atoms with Crippen LogP contribution < -0.4 is 0 Å². The van der Waals surface area contributed by atoms with E-state index in [9.17, 15) is 0 Å². The highest BCUT2D eigenvalue weighted by Gasteiger charge is 2.36. The number of hydrogen-bond donors (Lipinski definition) is 0. The van der Waals surface area contributed by atoms with Crippen molar-refractivity contribution in [3.05, 3.63) is 204 Å². The maximum atomic E-state index is 2.49. The molecule has 0 amide bonds. The van der Waals surface area contributed by atoms with Gasteiger partial charge in [0.25, 0.3) is 0 Å². The number of benzene rings is 10. The molecule has 0 fully saturated rings. The maximum absolute atomic E-state index is 2.49. The lowest BCUT2D eigenvalue weighted by Gasteiger charge is -2.25. The standard InChI is InChI=1S/C59H40/c1-59(2)53-33-43(23-28-48(53)49-29-24-44(34-54(49)59)47-27-19-40-16-15-38-9-6-10-39-20-30-52(47)56(40)55(38)39)35-11-13-37(14-12-35)46-26-18-42-21-31-50-45(36-7-4-3-5-8-36)25-17-41-22-32-51(46)58(42)57(41)50/h3-8,10-15,17-34H,9,16H2,1-2H3. The van der Waals surface area contributed by atoms with Crippen LogP contribution in [0.2, 0.25) is 0 Å². The summed E-state index contributed by atoms with van der Waals surface area (Å²) in [5, 5.41) is 10.7. The van der Waals surface area contributed by atoms with E-state index in [1.54, 1.807) is 0 Å². The van der Waals surface area contributed by atoms with Crippen LogP contribution in [0, 0.1) is 0 Å². The fraction of sp³-hybridized carbons (Fsp3) is 0.0847. The van der Waals surface area contributed by atoms with E-state index in [4.69, 9.17) is 0 Å². The smallest absolute Gasteiger partial charge is 0.0159 e. The molecule has 0 nitrogen and oxygen atoms in total. The number of allylic oxidation sites excluding steroid dienone is 3. The van der Waals surface area contributed by atoms with Gasteiger partial charge in [-0.1, -0.05) is 184 Å². The van der Waals surface area contributed by atoms with E-state index in [0.717, 1.165) is 12.8 Å². The minimum absolute atomic E-state index is 0.125. The second-order valence-corrected chi connectivity index (χ2v) is 17.5. The van der Waals surface area contributed by atoms with Crippen LogP contribution in [0.5, 0.6) is 0 Å². The van der Waals surface area contributed by atoms with E-state index in [2.05, 4.69) is 196 Å². The van der Waals surface area contributed by atoms with Crippen molar-refractivity contribution >= 4 is 54.7 Å². The quantitative estimate of drug-likeness (QED) is 0.157. The van der Waals surface area contributed by atoms with Gasteiger partial charge in [0.2, 0.25) is 0 Å². The zero-order chi connectivity index (χ0) is 39.0. The second-order valence-electron chi connectivity index (χ2n) is 17.5. The van der Waals surface area contributed by atoms with E-state index in [-0.39, 0.29) is 5.41 Å². The number of fused-ring (bicyclic) bond motifs is 3. The lowest BCUT2D eigenvalue weighted by Crippen LogP contribution is -2.15. The minimum Gasteiger partial charge on any atom is -0.0795 e. The van der Waals surface area contributed by atoms with Crippen LogP contribution in [0.15, 0.2) is 176 Å². The Morgan fingerprint density at radius 1 is 0.407 bits per heavy atom. The summed E-state index contributed by atoms with van der Waals surface area (Å²) in [5.74, 6) is 0. The highest BCUT2D eigenvalue weighted by molar-refractivity contribution is 6.27.